The van der Waals surface area contributed by atoms with Crippen LogP contribution < -0.4 is 10.6 Å². The van der Waals surface area contributed by atoms with Gasteiger partial charge in [-0.1, -0.05) is 35.3 Å². The van der Waals surface area contributed by atoms with E-state index >= 15 is 0 Å². The normalized spacial score (nSPS) is 15.8. The summed E-state index contributed by atoms with van der Waals surface area (Å²) in [5, 5.41) is 16.6. The first-order valence-corrected chi connectivity index (χ1v) is 9.99. The Bertz CT molecular complexity index is 849. The average molecular weight is 421 g/mol. The first-order valence-electron chi connectivity index (χ1n) is 9.24. The van der Waals surface area contributed by atoms with Gasteiger partial charge in [-0.25, -0.2) is 4.79 Å². The number of carboxylic acid groups (broad SMARTS) is 1. The van der Waals surface area contributed by atoms with Gasteiger partial charge >= 0.3 is 5.97 Å². The lowest BCUT2D eigenvalue weighted by atomic mass is 9.91. The molecule has 0 unspecified atom stereocenters. The van der Waals surface area contributed by atoms with Gasteiger partial charge in [0.15, 0.2) is 0 Å². The molecule has 0 aliphatic carbocycles. The molecule has 1 aliphatic rings. The second kappa shape index (κ2) is 9.41. The zero-order valence-electron chi connectivity index (χ0n) is 15.3. The Balaban J connectivity index is 1.76. The minimum absolute atomic E-state index is 0.289. The van der Waals surface area contributed by atoms with Crippen molar-refractivity contribution in [1.82, 2.24) is 10.6 Å². The van der Waals surface area contributed by atoms with Crippen molar-refractivity contribution in [3.05, 3.63) is 58.1 Å². The Morgan fingerprint density at radius 3 is 2.43 bits per heavy atom. The molecule has 3 N–H and O–H groups in total. The maximum Gasteiger partial charge on any atom is 0.326 e. The van der Waals surface area contributed by atoms with Gasteiger partial charge in [0.2, 0.25) is 0 Å². The molecule has 1 aliphatic heterocycles. The van der Waals surface area contributed by atoms with E-state index in [1.807, 2.05) is 12.1 Å². The maximum atomic E-state index is 12.7. The van der Waals surface area contributed by atoms with Gasteiger partial charge in [0.05, 0.1) is 0 Å². The third kappa shape index (κ3) is 5.25. The highest BCUT2D eigenvalue weighted by atomic mass is 35.5. The van der Waals surface area contributed by atoms with Crippen LogP contribution in [0.2, 0.25) is 10.0 Å². The quantitative estimate of drug-likeness (QED) is 0.652. The summed E-state index contributed by atoms with van der Waals surface area (Å²) in [6.45, 7) is 1.76. The van der Waals surface area contributed by atoms with E-state index in [0.717, 1.165) is 31.5 Å². The standard InChI is InChI=1S/C21H22Cl2N2O3/c22-16-4-1-14(2-5-16)17-12-15(3-6-18(17)23)20(26)25-19(21(27)28)11-13-7-9-24-10-8-13/h1-6,12-13,19,24H,7-11H2,(H,25,26)(H,27,28)/t19-/m0/s1. The number of hydrogen-bond donors (Lipinski definition) is 3. The summed E-state index contributed by atoms with van der Waals surface area (Å²) in [7, 11) is 0. The fourth-order valence-corrected chi connectivity index (χ4v) is 3.78. The van der Waals surface area contributed by atoms with Gasteiger partial charge < -0.3 is 15.7 Å². The summed E-state index contributed by atoms with van der Waals surface area (Å²) >= 11 is 12.2. The molecule has 2 aromatic rings. The number of halogens is 2. The van der Waals surface area contributed by atoms with E-state index in [9.17, 15) is 14.7 Å². The van der Waals surface area contributed by atoms with Crippen LogP contribution in [-0.4, -0.2) is 36.1 Å². The summed E-state index contributed by atoms with van der Waals surface area (Å²) in [5.74, 6) is -1.15. The number of piperidine rings is 1. The van der Waals surface area contributed by atoms with Crippen LogP contribution in [0.3, 0.4) is 0 Å². The summed E-state index contributed by atoms with van der Waals surface area (Å²) < 4.78 is 0. The molecule has 0 radical (unpaired) electrons. The number of benzene rings is 2. The molecule has 0 bridgehead atoms. The average Bonchev–Trinajstić information content (AvgIpc) is 2.69. The molecular formula is C21H22Cl2N2O3. The number of hydrogen-bond acceptors (Lipinski definition) is 3. The van der Waals surface area contributed by atoms with Gasteiger partial charge in [0, 0.05) is 21.2 Å². The van der Waals surface area contributed by atoms with Crippen molar-refractivity contribution in [1.29, 1.82) is 0 Å². The zero-order valence-corrected chi connectivity index (χ0v) is 16.8. The van der Waals surface area contributed by atoms with Crippen LogP contribution in [0.25, 0.3) is 11.1 Å². The third-order valence-electron chi connectivity index (χ3n) is 5.01. The van der Waals surface area contributed by atoms with Gasteiger partial charge in [-0.3, -0.25) is 4.79 Å². The lowest BCUT2D eigenvalue weighted by molar-refractivity contribution is -0.139. The number of rotatable bonds is 6. The summed E-state index contributed by atoms with van der Waals surface area (Å²) in [6, 6.07) is 11.1. The molecule has 5 nitrogen and oxygen atoms in total. The molecular weight excluding hydrogens is 399 g/mol. The Labute approximate surface area is 174 Å². The molecule has 1 saturated heterocycles. The van der Waals surface area contributed by atoms with Crippen molar-refractivity contribution in [2.75, 3.05) is 13.1 Å². The third-order valence-corrected chi connectivity index (χ3v) is 5.60. The Morgan fingerprint density at radius 1 is 1.11 bits per heavy atom. The van der Waals surface area contributed by atoms with Crippen molar-refractivity contribution in [2.24, 2.45) is 5.92 Å². The zero-order chi connectivity index (χ0) is 20.1. The molecule has 1 amide bonds. The van der Waals surface area contributed by atoms with Crippen LogP contribution in [0.5, 0.6) is 0 Å². The van der Waals surface area contributed by atoms with Crippen LogP contribution in [0.4, 0.5) is 0 Å². The van der Waals surface area contributed by atoms with Gasteiger partial charge in [-0.2, -0.15) is 0 Å². The van der Waals surface area contributed by atoms with E-state index in [2.05, 4.69) is 10.6 Å². The molecule has 0 aromatic heterocycles. The molecule has 3 rings (SSSR count). The predicted octanol–water partition coefficient (Wildman–Crippen LogP) is 4.23. The van der Waals surface area contributed by atoms with Crippen molar-refractivity contribution in [2.45, 2.75) is 25.3 Å². The van der Waals surface area contributed by atoms with Gasteiger partial charge in [0.25, 0.3) is 5.91 Å². The topological polar surface area (TPSA) is 78.4 Å². The van der Waals surface area contributed by atoms with E-state index in [1.54, 1.807) is 30.3 Å². The van der Waals surface area contributed by atoms with Crippen LogP contribution in [0, 0.1) is 5.92 Å². The molecule has 7 heteroatoms. The highest BCUT2D eigenvalue weighted by molar-refractivity contribution is 6.33. The van der Waals surface area contributed by atoms with Crippen LogP contribution in [0.15, 0.2) is 42.5 Å². The summed E-state index contributed by atoms with van der Waals surface area (Å²) in [4.78, 5) is 24.3. The smallest absolute Gasteiger partial charge is 0.326 e. The molecule has 1 atom stereocenters. The first-order chi connectivity index (χ1) is 13.4. The molecule has 0 saturated carbocycles. The number of carbonyl (C=O) groups is 2. The van der Waals surface area contributed by atoms with Crippen molar-refractivity contribution < 1.29 is 14.7 Å². The van der Waals surface area contributed by atoms with E-state index in [-0.39, 0.29) is 5.92 Å². The van der Waals surface area contributed by atoms with Crippen LogP contribution >= 0.6 is 23.2 Å². The second-order valence-corrected chi connectivity index (χ2v) is 7.84. The highest BCUT2D eigenvalue weighted by Crippen LogP contribution is 2.30. The first kappa shape index (κ1) is 20.6. The molecule has 2 aromatic carbocycles. The Morgan fingerprint density at radius 2 is 1.79 bits per heavy atom. The summed E-state index contributed by atoms with van der Waals surface area (Å²) in [5.41, 5.74) is 1.88. The predicted molar refractivity (Wildman–Crippen MR) is 111 cm³/mol. The molecule has 0 spiro atoms. The number of amides is 1. The minimum atomic E-state index is -1.02. The molecule has 1 heterocycles. The second-order valence-electron chi connectivity index (χ2n) is 6.99. The largest absolute Gasteiger partial charge is 0.480 e. The monoisotopic (exact) mass is 420 g/mol. The van der Waals surface area contributed by atoms with E-state index in [4.69, 9.17) is 23.2 Å². The van der Waals surface area contributed by atoms with Crippen molar-refractivity contribution >= 4 is 35.1 Å². The Kier molecular flexibility index (Phi) is 6.94. The lowest BCUT2D eigenvalue weighted by Crippen LogP contribution is -2.43. The van der Waals surface area contributed by atoms with Crippen LogP contribution in [-0.2, 0) is 4.79 Å². The van der Waals surface area contributed by atoms with Crippen LogP contribution in [0.1, 0.15) is 29.6 Å². The number of carboxylic acids is 1. The number of carbonyl (C=O) groups excluding carboxylic acids is 1. The van der Waals surface area contributed by atoms with E-state index < -0.39 is 17.9 Å². The Hall–Kier alpha value is -2.08. The van der Waals surface area contributed by atoms with E-state index in [0.29, 0.717) is 27.6 Å². The fourth-order valence-electron chi connectivity index (χ4n) is 3.43. The SMILES string of the molecule is O=C(N[C@@H](CC1CCNCC1)C(=O)O)c1ccc(Cl)c(-c2ccc(Cl)cc2)c1. The number of aliphatic carboxylic acids is 1. The molecule has 148 valence electrons. The van der Waals surface area contributed by atoms with E-state index in [1.165, 1.54) is 0 Å². The van der Waals surface area contributed by atoms with Gasteiger partial charge in [-0.05, 0) is 74.2 Å². The maximum absolute atomic E-state index is 12.7. The molecule has 28 heavy (non-hydrogen) atoms. The van der Waals surface area contributed by atoms with Gasteiger partial charge in [0.1, 0.15) is 6.04 Å². The summed E-state index contributed by atoms with van der Waals surface area (Å²) in [6.07, 6.45) is 2.27. The molecule has 1 fully saturated rings. The van der Waals surface area contributed by atoms with Crippen molar-refractivity contribution in [3.63, 3.8) is 0 Å². The highest BCUT2D eigenvalue weighted by Gasteiger charge is 2.26. The lowest BCUT2D eigenvalue weighted by Gasteiger charge is -2.25. The van der Waals surface area contributed by atoms with Gasteiger partial charge in [-0.15, -0.1) is 0 Å². The fraction of sp³-hybridized carbons (Fsp3) is 0.333. The van der Waals surface area contributed by atoms with Crippen molar-refractivity contribution in [3.8, 4) is 11.1 Å². The minimum Gasteiger partial charge on any atom is -0.480 e. The number of nitrogens with one attached hydrogen (secondary N) is 2.